The van der Waals surface area contributed by atoms with Crippen LogP contribution in [0.4, 0.5) is 0 Å². The summed E-state index contributed by atoms with van der Waals surface area (Å²) in [5.41, 5.74) is 0.591. The molecule has 1 N–H and O–H groups in total. The van der Waals surface area contributed by atoms with Crippen LogP contribution >= 0.6 is 11.8 Å². The Kier molecular flexibility index (Phi) is 4.16. The normalized spacial score (nSPS) is 12.6. The van der Waals surface area contributed by atoms with E-state index in [-0.39, 0.29) is 11.9 Å². The number of hydrogen-bond donors (Lipinski definition) is 1. The number of rotatable bonds is 4. The summed E-state index contributed by atoms with van der Waals surface area (Å²) in [4.78, 5) is 8.41. The molecule has 0 saturated carbocycles. The number of ether oxygens (including phenoxy) is 1. The van der Waals surface area contributed by atoms with E-state index in [2.05, 4.69) is 9.97 Å². The van der Waals surface area contributed by atoms with Gasteiger partial charge in [-0.05, 0) is 13.2 Å². The molecule has 5 heteroatoms. The van der Waals surface area contributed by atoms with Gasteiger partial charge in [0.15, 0.2) is 0 Å². The maximum Gasteiger partial charge on any atom is 0.216 e. The molecule has 0 aliphatic heterocycles. The van der Waals surface area contributed by atoms with Crippen molar-refractivity contribution in [3.63, 3.8) is 0 Å². The van der Waals surface area contributed by atoms with E-state index in [1.807, 2.05) is 13.2 Å². The van der Waals surface area contributed by atoms with Gasteiger partial charge in [0.2, 0.25) is 5.88 Å². The van der Waals surface area contributed by atoms with Crippen LogP contribution in [-0.4, -0.2) is 28.4 Å². The first-order valence-corrected chi connectivity index (χ1v) is 5.55. The van der Waals surface area contributed by atoms with Crippen LogP contribution in [0.3, 0.4) is 0 Å². The van der Waals surface area contributed by atoms with Crippen LogP contribution in [0.15, 0.2) is 6.07 Å². The molecular formula is C9H14N2O2S. The van der Waals surface area contributed by atoms with Crippen molar-refractivity contribution in [2.24, 2.45) is 0 Å². The minimum atomic E-state index is -0.0903. The number of hydrogen-bond acceptors (Lipinski definition) is 5. The Morgan fingerprint density at radius 1 is 1.57 bits per heavy atom. The van der Waals surface area contributed by atoms with Gasteiger partial charge in [0.05, 0.1) is 24.7 Å². The van der Waals surface area contributed by atoms with Crippen molar-refractivity contribution >= 4 is 11.8 Å². The van der Waals surface area contributed by atoms with Gasteiger partial charge in [-0.3, -0.25) is 0 Å². The van der Waals surface area contributed by atoms with Crippen LogP contribution in [0, 0.1) is 0 Å². The number of aliphatic hydroxyl groups excluding tert-OH is 1. The summed E-state index contributed by atoms with van der Waals surface area (Å²) in [7, 11) is 1.55. The Morgan fingerprint density at radius 3 is 2.79 bits per heavy atom. The molecule has 1 atom stereocenters. The molecule has 1 rings (SSSR count). The average Bonchev–Trinajstić information content (AvgIpc) is 2.27. The zero-order chi connectivity index (χ0) is 10.6. The Bertz CT molecular complexity index is 285. The van der Waals surface area contributed by atoms with Gasteiger partial charge < -0.3 is 9.84 Å². The van der Waals surface area contributed by atoms with E-state index in [0.717, 1.165) is 0 Å². The molecule has 78 valence electrons. The van der Waals surface area contributed by atoms with Crippen LogP contribution in [-0.2, 0) is 6.61 Å². The third-order valence-corrected chi connectivity index (χ3v) is 2.78. The maximum atomic E-state index is 8.98. The summed E-state index contributed by atoms with van der Waals surface area (Å²) in [6.07, 6.45) is 1.99. The molecule has 4 nitrogen and oxygen atoms in total. The fraction of sp³-hybridized carbons (Fsp3) is 0.556. The van der Waals surface area contributed by atoms with Crippen molar-refractivity contribution in [2.45, 2.75) is 18.8 Å². The molecule has 0 bridgehead atoms. The molecule has 0 aliphatic rings. The van der Waals surface area contributed by atoms with Crippen LogP contribution in [0.25, 0.3) is 0 Å². The van der Waals surface area contributed by atoms with Gasteiger partial charge in [0.1, 0.15) is 5.82 Å². The number of aromatic nitrogens is 2. The van der Waals surface area contributed by atoms with Crippen molar-refractivity contribution in [1.82, 2.24) is 9.97 Å². The second kappa shape index (κ2) is 5.17. The van der Waals surface area contributed by atoms with Crippen LogP contribution in [0.5, 0.6) is 5.88 Å². The smallest absolute Gasteiger partial charge is 0.216 e. The van der Waals surface area contributed by atoms with Crippen molar-refractivity contribution in [2.75, 3.05) is 13.4 Å². The minimum Gasteiger partial charge on any atom is -0.481 e. The highest BCUT2D eigenvalue weighted by Gasteiger charge is 2.10. The van der Waals surface area contributed by atoms with Crippen molar-refractivity contribution < 1.29 is 9.84 Å². The number of methoxy groups -OCH3 is 1. The molecule has 0 aliphatic carbocycles. The summed E-state index contributed by atoms with van der Waals surface area (Å²) in [6.45, 7) is 1.92. The van der Waals surface area contributed by atoms with Crippen molar-refractivity contribution in [3.05, 3.63) is 17.6 Å². The van der Waals surface area contributed by atoms with Crippen LogP contribution < -0.4 is 4.74 Å². The lowest BCUT2D eigenvalue weighted by molar-refractivity contribution is 0.274. The summed E-state index contributed by atoms with van der Waals surface area (Å²) in [5, 5.41) is 9.19. The highest BCUT2D eigenvalue weighted by Crippen LogP contribution is 2.24. The maximum absolute atomic E-state index is 8.98. The van der Waals surface area contributed by atoms with Gasteiger partial charge in [-0.25, -0.2) is 4.98 Å². The zero-order valence-corrected chi connectivity index (χ0v) is 9.34. The molecule has 14 heavy (non-hydrogen) atoms. The molecule has 1 unspecified atom stereocenters. The van der Waals surface area contributed by atoms with Crippen LogP contribution in [0.1, 0.15) is 23.7 Å². The summed E-state index contributed by atoms with van der Waals surface area (Å²) < 4.78 is 5.02. The molecule has 0 radical (unpaired) electrons. The standard InChI is InChI=1S/C9H14N2O2S/c1-6(14-3)9-10-7(5-12)4-8(11-9)13-2/h4,6,12H,5H2,1-3H3. The Morgan fingerprint density at radius 2 is 2.29 bits per heavy atom. The number of aliphatic hydroxyl groups is 1. The lowest BCUT2D eigenvalue weighted by Crippen LogP contribution is -2.03. The van der Waals surface area contributed by atoms with Crippen LogP contribution in [0.2, 0.25) is 0 Å². The third-order valence-electron chi connectivity index (χ3n) is 1.86. The predicted molar refractivity (Wildman–Crippen MR) is 56.4 cm³/mol. The van der Waals surface area contributed by atoms with E-state index in [0.29, 0.717) is 17.4 Å². The first-order chi connectivity index (χ1) is 6.71. The minimum absolute atomic E-state index is 0.0903. The molecular weight excluding hydrogens is 200 g/mol. The van der Waals surface area contributed by atoms with E-state index < -0.39 is 0 Å². The fourth-order valence-corrected chi connectivity index (χ4v) is 1.28. The second-order valence-electron chi connectivity index (χ2n) is 2.80. The molecule has 1 aromatic rings. The second-order valence-corrected chi connectivity index (χ2v) is 3.97. The zero-order valence-electron chi connectivity index (χ0n) is 8.52. The lowest BCUT2D eigenvalue weighted by atomic mass is 10.3. The topological polar surface area (TPSA) is 55.2 Å². The predicted octanol–water partition coefficient (Wildman–Crippen LogP) is 1.40. The Balaban J connectivity index is 3.04. The van der Waals surface area contributed by atoms with Crippen molar-refractivity contribution in [1.29, 1.82) is 0 Å². The molecule has 0 saturated heterocycles. The van der Waals surface area contributed by atoms with E-state index in [1.54, 1.807) is 24.9 Å². The first-order valence-electron chi connectivity index (χ1n) is 4.26. The van der Waals surface area contributed by atoms with Gasteiger partial charge in [0, 0.05) is 6.07 Å². The van der Waals surface area contributed by atoms with Gasteiger partial charge in [-0.1, -0.05) is 0 Å². The quantitative estimate of drug-likeness (QED) is 0.821. The molecule has 0 amide bonds. The highest BCUT2D eigenvalue weighted by atomic mass is 32.2. The van der Waals surface area contributed by atoms with Crippen molar-refractivity contribution in [3.8, 4) is 5.88 Å². The summed E-state index contributed by atoms with van der Waals surface area (Å²) >= 11 is 1.65. The van der Waals surface area contributed by atoms with Gasteiger partial charge in [0.25, 0.3) is 0 Å². The largest absolute Gasteiger partial charge is 0.481 e. The van der Waals surface area contributed by atoms with Gasteiger partial charge in [-0.2, -0.15) is 16.7 Å². The number of nitrogens with zero attached hydrogens (tertiary/aromatic N) is 2. The Labute approximate surface area is 87.7 Å². The number of thioether (sulfide) groups is 1. The van der Waals surface area contributed by atoms with E-state index in [9.17, 15) is 0 Å². The Hall–Kier alpha value is -0.810. The highest BCUT2D eigenvalue weighted by molar-refractivity contribution is 7.98. The monoisotopic (exact) mass is 214 g/mol. The summed E-state index contributed by atoms with van der Waals surface area (Å²) in [6, 6.07) is 1.64. The molecule has 0 spiro atoms. The molecule has 1 heterocycles. The average molecular weight is 214 g/mol. The fourth-order valence-electron chi connectivity index (χ4n) is 0.965. The van der Waals surface area contributed by atoms with E-state index in [1.165, 1.54) is 0 Å². The summed E-state index contributed by atoms with van der Waals surface area (Å²) in [5.74, 6) is 1.20. The van der Waals surface area contributed by atoms with E-state index >= 15 is 0 Å². The first kappa shape index (κ1) is 11.3. The SMILES string of the molecule is COc1cc(CO)nc(C(C)SC)n1. The molecule has 0 fully saturated rings. The van der Waals surface area contributed by atoms with Gasteiger partial charge in [-0.15, -0.1) is 0 Å². The van der Waals surface area contributed by atoms with Gasteiger partial charge >= 0.3 is 0 Å². The molecule has 1 aromatic heterocycles. The third kappa shape index (κ3) is 2.59. The molecule has 0 aromatic carbocycles. The lowest BCUT2D eigenvalue weighted by Gasteiger charge is -2.09. The van der Waals surface area contributed by atoms with E-state index in [4.69, 9.17) is 9.84 Å².